The number of hydrogen-bond donors (Lipinski definition) is 2. The standard InChI is InChI=1S/C15H21N5O/c1-10-7-11(2)20-14(19-10)13(9-18-20)15(21)17-8-12-5-3-4-6-16-12/h7,9,12,16H,3-6,8H2,1-2H3,(H,17,21). The molecular weight excluding hydrogens is 266 g/mol. The van der Waals surface area contributed by atoms with Gasteiger partial charge in [0.25, 0.3) is 5.91 Å². The molecule has 1 amide bonds. The molecule has 0 spiro atoms. The van der Waals surface area contributed by atoms with Crippen LogP contribution in [0.4, 0.5) is 0 Å². The van der Waals surface area contributed by atoms with Gasteiger partial charge >= 0.3 is 0 Å². The highest BCUT2D eigenvalue weighted by molar-refractivity contribution is 5.99. The summed E-state index contributed by atoms with van der Waals surface area (Å²) in [5.41, 5.74) is 3.04. The number of piperidine rings is 1. The normalized spacial score (nSPS) is 18.9. The molecule has 2 aromatic heterocycles. The van der Waals surface area contributed by atoms with E-state index in [1.165, 1.54) is 12.8 Å². The number of carbonyl (C=O) groups is 1. The maximum atomic E-state index is 12.4. The largest absolute Gasteiger partial charge is 0.350 e. The summed E-state index contributed by atoms with van der Waals surface area (Å²) in [5, 5.41) is 10.7. The van der Waals surface area contributed by atoms with Crippen molar-refractivity contribution >= 4 is 11.6 Å². The minimum atomic E-state index is -0.102. The molecule has 112 valence electrons. The van der Waals surface area contributed by atoms with Gasteiger partial charge in [-0.25, -0.2) is 9.50 Å². The third-order valence-corrected chi connectivity index (χ3v) is 3.94. The molecule has 1 saturated heterocycles. The van der Waals surface area contributed by atoms with Gasteiger partial charge in [0, 0.05) is 24.0 Å². The summed E-state index contributed by atoms with van der Waals surface area (Å²) in [5.74, 6) is -0.102. The molecule has 0 aromatic carbocycles. The molecular formula is C15H21N5O. The van der Waals surface area contributed by atoms with Crippen LogP contribution in [0.5, 0.6) is 0 Å². The summed E-state index contributed by atoms with van der Waals surface area (Å²) in [4.78, 5) is 16.8. The van der Waals surface area contributed by atoms with E-state index in [9.17, 15) is 4.79 Å². The fourth-order valence-electron chi connectivity index (χ4n) is 2.84. The maximum Gasteiger partial charge on any atom is 0.256 e. The number of aryl methyl sites for hydroxylation is 2. The first kappa shape index (κ1) is 14.0. The van der Waals surface area contributed by atoms with Crippen molar-refractivity contribution in [2.24, 2.45) is 0 Å². The van der Waals surface area contributed by atoms with Gasteiger partial charge in [-0.15, -0.1) is 0 Å². The molecule has 1 aliphatic heterocycles. The Labute approximate surface area is 123 Å². The molecule has 3 rings (SSSR count). The van der Waals surface area contributed by atoms with Crippen LogP contribution in [-0.4, -0.2) is 39.6 Å². The predicted octanol–water partition coefficient (Wildman–Crippen LogP) is 1.22. The zero-order chi connectivity index (χ0) is 14.8. The van der Waals surface area contributed by atoms with Crippen LogP contribution in [0, 0.1) is 13.8 Å². The smallest absolute Gasteiger partial charge is 0.256 e. The maximum absolute atomic E-state index is 12.4. The molecule has 1 fully saturated rings. The molecule has 6 heteroatoms. The highest BCUT2D eigenvalue weighted by Crippen LogP contribution is 2.12. The molecule has 21 heavy (non-hydrogen) atoms. The van der Waals surface area contributed by atoms with E-state index in [1.807, 2.05) is 19.9 Å². The molecule has 2 N–H and O–H groups in total. The fraction of sp³-hybridized carbons (Fsp3) is 0.533. The summed E-state index contributed by atoms with van der Waals surface area (Å²) < 4.78 is 1.71. The SMILES string of the molecule is Cc1cc(C)n2ncc(C(=O)NCC3CCCCN3)c2n1. The van der Waals surface area contributed by atoms with Gasteiger partial charge in [0.15, 0.2) is 5.65 Å². The molecule has 0 radical (unpaired) electrons. The molecule has 0 aliphatic carbocycles. The Morgan fingerprint density at radius 3 is 3.10 bits per heavy atom. The van der Waals surface area contributed by atoms with Gasteiger partial charge in [0.1, 0.15) is 5.56 Å². The minimum Gasteiger partial charge on any atom is -0.350 e. The van der Waals surface area contributed by atoms with Crippen LogP contribution in [0.1, 0.15) is 41.0 Å². The van der Waals surface area contributed by atoms with Gasteiger partial charge in [-0.1, -0.05) is 6.42 Å². The number of nitrogens with zero attached hydrogens (tertiary/aromatic N) is 3. The molecule has 1 unspecified atom stereocenters. The summed E-state index contributed by atoms with van der Waals surface area (Å²) in [6, 6.07) is 2.33. The van der Waals surface area contributed by atoms with Crippen molar-refractivity contribution in [2.45, 2.75) is 39.2 Å². The van der Waals surface area contributed by atoms with Gasteiger partial charge < -0.3 is 10.6 Å². The van der Waals surface area contributed by atoms with Crippen LogP contribution >= 0.6 is 0 Å². The van der Waals surface area contributed by atoms with Crippen LogP contribution < -0.4 is 10.6 Å². The Balaban J connectivity index is 1.75. The highest BCUT2D eigenvalue weighted by atomic mass is 16.1. The molecule has 1 aliphatic rings. The lowest BCUT2D eigenvalue weighted by Crippen LogP contribution is -2.43. The lowest BCUT2D eigenvalue weighted by Gasteiger charge is -2.23. The van der Waals surface area contributed by atoms with Crippen molar-refractivity contribution in [1.82, 2.24) is 25.2 Å². The van der Waals surface area contributed by atoms with E-state index in [0.29, 0.717) is 23.8 Å². The van der Waals surface area contributed by atoms with E-state index < -0.39 is 0 Å². The number of rotatable bonds is 3. The van der Waals surface area contributed by atoms with E-state index >= 15 is 0 Å². The number of amides is 1. The Hall–Kier alpha value is -1.95. The molecule has 3 heterocycles. The van der Waals surface area contributed by atoms with Crippen molar-refractivity contribution < 1.29 is 4.79 Å². The van der Waals surface area contributed by atoms with E-state index in [2.05, 4.69) is 20.7 Å². The number of hydrogen-bond acceptors (Lipinski definition) is 4. The Kier molecular flexibility index (Phi) is 3.88. The van der Waals surface area contributed by atoms with E-state index in [4.69, 9.17) is 0 Å². The summed E-state index contributed by atoms with van der Waals surface area (Å²) >= 11 is 0. The third-order valence-electron chi connectivity index (χ3n) is 3.94. The van der Waals surface area contributed by atoms with Crippen LogP contribution in [0.15, 0.2) is 12.3 Å². The third kappa shape index (κ3) is 2.90. The summed E-state index contributed by atoms with van der Waals surface area (Å²) in [6.07, 6.45) is 5.16. The second-order valence-electron chi connectivity index (χ2n) is 5.69. The summed E-state index contributed by atoms with van der Waals surface area (Å²) in [7, 11) is 0. The van der Waals surface area contributed by atoms with Gasteiger partial charge in [0.2, 0.25) is 0 Å². The topological polar surface area (TPSA) is 71.3 Å². The van der Waals surface area contributed by atoms with E-state index in [0.717, 1.165) is 24.4 Å². The first-order valence-electron chi connectivity index (χ1n) is 7.49. The van der Waals surface area contributed by atoms with Gasteiger partial charge in [-0.3, -0.25) is 4.79 Å². The monoisotopic (exact) mass is 287 g/mol. The van der Waals surface area contributed by atoms with E-state index in [-0.39, 0.29) is 5.91 Å². The van der Waals surface area contributed by atoms with Crippen LogP contribution in [-0.2, 0) is 0 Å². The van der Waals surface area contributed by atoms with Crippen molar-refractivity contribution in [3.8, 4) is 0 Å². The van der Waals surface area contributed by atoms with Gasteiger partial charge in [-0.05, 0) is 39.3 Å². The highest BCUT2D eigenvalue weighted by Gasteiger charge is 2.18. The average Bonchev–Trinajstić information content (AvgIpc) is 2.90. The molecule has 0 saturated carbocycles. The average molecular weight is 287 g/mol. The fourth-order valence-corrected chi connectivity index (χ4v) is 2.84. The van der Waals surface area contributed by atoms with Gasteiger partial charge in [0.05, 0.1) is 6.20 Å². The zero-order valence-electron chi connectivity index (χ0n) is 12.5. The van der Waals surface area contributed by atoms with Crippen LogP contribution in [0.2, 0.25) is 0 Å². The van der Waals surface area contributed by atoms with Gasteiger partial charge in [-0.2, -0.15) is 5.10 Å². The lowest BCUT2D eigenvalue weighted by atomic mass is 10.1. The van der Waals surface area contributed by atoms with Crippen LogP contribution in [0.25, 0.3) is 5.65 Å². The predicted molar refractivity (Wildman–Crippen MR) is 80.4 cm³/mol. The number of nitrogens with one attached hydrogen (secondary N) is 2. The van der Waals surface area contributed by atoms with Crippen molar-refractivity contribution in [1.29, 1.82) is 0 Å². The van der Waals surface area contributed by atoms with Crippen LogP contribution in [0.3, 0.4) is 0 Å². The second-order valence-corrected chi connectivity index (χ2v) is 5.69. The minimum absolute atomic E-state index is 0.102. The lowest BCUT2D eigenvalue weighted by molar-refractivity contribution is 0.0949. The van der Waals surface area contributed by atoms with E-state index in [1.54, 1.807) is 10.7 Å². The number of carbonyl (C=O) groups excluding carboxylic acids is 1. The molecule has 2 aromatic rings. The molecule has 0 bridgehead atoms. The number of aromatic nitrogens is 3. The Bertz CT molecular complexity index is 657. The summed E-state index contributed by atoms with van der Waals surface area (Å²) in [6.45, 7) is 5.58. The first-order chi connectivity index (χ1) is 10.1. The molecule has 6 nitrogen and oxygen atoms in total. The van der Waals surface area contributed by atoms with Crippen molar-refractivity contribution in [2.75, 3.05) is 13.1 Å². The van der Waals surface area contributed by atoms with Crippen molar-refractivity contribution in [3.05, 3.63) is 29.2 Å². The quantitative estimate of drug-likeness (QED) is 0.890. The zero-order valence-corrected chi connectivity index (χ0v) is 12.5. The Morgan fingerprint density at radius 2 is 2.33 bits per heavy atom. The number of fused-ring (bicyclic) bond motifs is 1. The second kappa shape index (κ2) is 5.81. The van der Waals surface area contributed by atoms with Crippen molar-refractivity contribution in [3.63, 3.8) is 0 Å². The Morgan fingerprint density at radius 1 is 1.48 bits per heavy atom. The molecule has 1 atom stereocenters. The first-order valence-corrected chi connectivity index (χ1v) is 7.49.